The summed E-state index contributed by atoms with van der Waals surface area (Å²) in [4.78, 5) is 35.8. The first kappa shape index (κ1) is 19.7. The summed E-state index contributed by atoms with van der Waals surface area (Å²) in [6, 6.07) is 4.55. The summed E-state index contributed by atoms with van der Waals surface area (Å²) in [5.41, 5.74) is 2.21. The second-order valence-electron chi connectivity index (χ2n) is 5.78. The molecule has 132 valence electrons. The summed E-state index contributed by atoms with van der Waals surface area (Å²) in [6.45, 7) is 7.02. The average Bonchev–Trinajstić information content (AvgIpc) is 2.58. The van der Waals surface area contributed by atoms with Crippen molar-refractivity contribution < 1.29 is 23.9 Å². The van der Waals surface area contributed by atoms with Gasteiger partial charge in [0.25, 0.3) is 5.91 Å². The third-order valence-corrected chi connectivity index (χ3v) is 4.14. The summed E-state index contributed by atoms with van der Waals surface area (Å²) < 4.78 is 9.75. The number of ether oxygens (including phenoxy) is 2. The van der Waals surface area contributed by atoms with Crippen LogP contribution in [-0.2, 0) is 19.1 Å². The zero-order valence-electron chi connectivity index (χ0n) is 14.8. The van der Waals surface area contributed by atoms with E-state index in [1.165, 1.54) is 7.11 Å². The smallest absolute Gasteiger partial charge is 0.338 e. The van der Waals surface area contributed by atoms with Gasteiger partial charge in [0.15, 0.2) is 6.61 Å². The normalized spacial score (nSPS) is 12.9. The summed E-state index contributed by atoms with van der Waals surface area (Å²) in [7, 11) is 1.27. The fraction of sp³-hybridized carbons (Fsp3) is 0.500. The third kappa shape index (κ3) is 5.08. The molecule has 1 aromatic carbocycles. The topological polar surface area (TPSA) is 81.7 Å². The highest BCUT2D eigenvalue weighted by Gasteiger charge is 2.27. The van der Waals surface area contributed by atoms with E-state index in [9.17, 15) is 14.4 Å². The summed E-state index contributed by atoms with van der Waals surface area (Å²) in [6.07, 6.45) is 0.697. The zero-order valence-corrected chi connectivity index (χ0v) is 14.8. The first-order valence-electron chi connectivity index (χ1n) is 7.92. The maximum absolute atomic E-state index is 12.1. The number of aryl methyl sites for hydroxylation is 1. The lowest BCUT2D eigenvalue weighted by atomic mass is 9.99. The maximum atomic E-state index is 12.1. The molecular weight excluding hydrogens is 310 g/mol. The van der Waals surface area contributed by atoms with Gasteiger partial charge in [-0.25, -0.2) is 9.59 Å². The largest absolute Gasteiger partial charge is 0.467 e. The van der Waals surface area contributed by atoms with Crippen molar-refractivity contribution in [3.8, 4) is 0 Å². The highest BCUT2D eigenvalue weighted by molar-refractivity contribution is 5.93. The Morgan fingerprint density at radius 3 is 2.46 bits per heavy atom. The molecule has 0 aliphatic heterocycles. The van der Waals surface area contributed by atoms with Crippen LogP contribution in [0.2, 0.25) is 0 Å². The number of hydrogen-bond donors (Lipinski definition) is 1. The lowest BCUT2D eigenvalue weighted by Gasteiger charge is -2.21. The van der Waals surface area contributed by atoms with Crippen LogP contribution in [0.5, 0.6) is 0 Å². The maximum Gasteiger partial charge on any atom is 0.338 e. The Labute approximate surface area is 142 Å². The molecule has 0 unspecified atom stereocenters. The molecule has 1 amide bonds. The van der Waals surface area contributed by atoms with E-state index in [0.717, 1.165) is 11.1 Å². The van der Waals surface area contributed by atoms with Crippen molar-refractivity contribution in [2.75, 3.05) is 13.7 Å². The summed E-state index contributed by atoms with van der Waals surface area (Å²) in [5, 5.41) is 2.56. The fourth-order valence-electron chi connectivity index (χ4n) is 2.19. The zero-order chi connectivity index (χ0) is 18.3. The molecular formula is C18H25NO5. The molecule has 2 atom stereocenters. The Balaban J connectivity index is 2.66. The molecule has 0 bridgehead atoms. The van der Waals surface area contributed by atoms with E-state index >= 15 is 0 Å². The van der Waals surface area contributed by atoms with Crippen LogP contribution in [0.4, 0.5) is 0 Å². The summed E-state index contributed by atoms with van der Waals surface area (Å²) >= 11 is 0. The van der Waals surface area contributed by atoms with E-state index in [1.54, 1.807) is 12.1 Å². The molecule has 0 fully saturated rings. The van der Waals surface area contributed by atoms with Crippen molar-refractivity contribution in [2.45, 2.75) is 40.2 Å². The van der Waals surface area contributed by atoms with Gasteiger partial charge in [0.2, 0.25) is 0 Å². The lowest BCUT2D eigenvalue weighted by Crippen LogP contribution is -2.47. The Kier molecular flexibility index (Phi) is 7.42. The minimum Gasteiger partial charge on any atom is -0.467 e. The first-order valence-corrected chi connectivity index (χ1v) is 7.92. The van der Waals surface area contributed by atoms with E-state index < -0.39 is 30.5 Å². The highest BCUT2D eigenvalue weighted by atomic mass is 16.5. The molecule has 6 heteroatoms. The molecule has 0 saturated carbocycles. The third-order valence-electron chi connectivity index (χ3n) is 4.14. The van der Waals surface area contributed by atoms with Crippen LogP contribution in [0, 0.1) is 19.8 Å². The van der Waals surface area contributed by atoms with Gasteiger partial charge < -0.3 is 14.8 Å². The van der Waals surface area contributed by atoms with Gasteiger partial charge in [0, 0.05) is 0 Å². The number of esters is 2. The van der Waals surface area contributed by atoms with Crippen molar-refractivity contribution in [2.24, 2.45) is 5.92 Å². The number of amides is 1. The molecule has 1 aromatic rings. The van der Waals surface area contributed by atoms with E-state index in [-0.39, 0.29) is 5.92 Å². The Morgan fingerprint density at radius 1 is 1.21 bits per heavy atom. The van der Waals surface area contributed by atoms with Gasteiger partial charge in [0.05, 0.1) is 12.7 Å². The number of hydrogen-bond acceptors (Lipinski definition) is 5. The number of methoxy groups -OCH3 is 1. The molecule has 0 spiro atoms. The Hall–Kier alpha value is -2.37. The standard InChI is InChI=1S/C18H25NO5/c1-6-11(2)16(18(22)23-5)19-15(20)10-24-17(21)14-9-7-8-12(3)13(14)4/h7-9,11,16H,6,10H2,1-5H3,(H,19,20)/t11-,16+/m1/s1. The molecule has 0 radical (unpaired) electrons. The number of carbonyl (C=O) groups is 3. The molecule has 0 aliphatic rings. The summed E-state index contributed by atoms with van der Waals surface area (Å²) in [5.74, 6) is -1.71. The van der Waals surface area contributed by atoms with Crippen LogP contribution >= 0.6 is 0 Å². The van der Waals surface area contributed by atoms with Gasteiger partial charge >= 0.3 is 11.9 Å². The van der Waals surface area contributed by atoms with Gasteiger partial charge in [-0.3, -0.25) is 4.79 Å². The van der Waals surface area contributed by atoms with Crippen LogP contribution in [0.25, 0.3) is 0 Å². The lowest BCUT2D eigenvalue weighted by molar-refractivity contribution is -0.147. The monoisotopic (exact) mass is 335 g/mol. The van der Waals surface area contributed by atoms with Gasteiger partial charge in [-0.2, -0.15) is 0 Å². The molecule has 1 N–H and O–H groups in total. The number of nitrogens with one attached hydrogen (secondary N) is 1. The Morgan fingerprint density at radius 2 is 1.88 bits per heavy atom. The Bertz CT molecular complexity index is 611. The van der Waals surface area contributed by atoms with E-state index in [1.807, 2.05) is 33.8 Å². The molecule has 24 heavy (non-hydrogen) atoms. The second-order valence-corrected chi connectivity index (χ2v) is 5.78. The quantitative estimate of drug-likeness (QED) is 0.772. The van der Waals surface area contributed by atoms with E-state index in [0.29, 0.717) is 12.0 Å². The fourth-order valence-corrected chi connectivity index (χ4v) is 2.19. The molecule has 0 saturated heterocycles. The first-order chi connectivity index (χ1) is 11.3. The van der Waals surface area contributed by atoms with Crippen molar-refractivity contribution in [3.63, 3.8) is 0 Å². The number of carbonyl (C=O) groups excluding carboxylic acids is 3. The van der Waals surface area contributed by atoms with Crippen LogP contribution in [-0.4, -0.2) is 37.6 Å². The van der Waals surface area contributed by atoms with Crippen LogP contribution in [0.1, 0.15) is 41.8 Å². The van der Waals surface area contributed by atoms with Crippen molar-refractivity contribution in [1.29, 1.82) is 0 Å². The van der Waals surface area contributed by atoms with Crippen LogP contribution in [0.15, 0.2) is 18.2 Å². The predicted molar refractivity (Wildman–Crippen MR) is 89.6 cm³/mol. The van der Waals surface area contributed by atoms with Crippen LogP contribution in [0.3, 0.4) is 0 Å². The van der Waals surface area contributed by atoms with Gasteiger partial charge in [-0.15, -0.1) is 0 Å². The average molecular weight is 335 g/mol. The van der Waals surface area contributed by atoms with E-state index in [2.05, 4.69) is 5.32 Å². The second kappa shape index (κ2) is 9.05. The SMILES string of the molecule is CC[C@@H](C)[C@H](NC(=O)COC(=O)c1cccc(C)c1C)C(=O)OC. The molecule has 0 aliphatic carbocycles. The van der Waals surface area contributed by atoms with Gasteiger partial charge in [0.1, 0.15) is 6.04 Å². The van der Waals surface area contributed by atoms with Crippen molar-refractivity contribution >= 4 is 17.8 Å². The van der Waals surface area contributed by atoms with Crippen molar-refractivity contribution in [1.82, 2.24) is 5.32 Å². The van der Waals surface area contributed by atoms with Gasteiger partial charge in [-0.1, -0.05) is 32.4 Å². The molecule has 0 aromatic heterocycles. The van der Waals surface area contributed by atoms with Gasteiger partial charge in [-0.05, 0) is 37.0 Å². The highest BCUT2D eigenvalue weighted by Crippen LogP contribution is 2.14. The van der Waals surface area contributed by atoms with Crippen LogP contribution < -0.4 is 5.32 Å². The van der Waals surface area contributed by atoms with Crippen molar-refractivity contribution in [3.05, 3.63) is 34.9 Å². The molecule has 1 rings (SSSR count). The van der Waals surface area contributed by atoms with E-state index in [4.69, 9.17) is 9.47 Å². The number of rotatable bonds is 7. The minimum atomic E-state index is -0.757. The molecule has 6 nitrogen and oxygen atoms in total. The number of benzene rings is 1. The predicted octanol–water partition coefficient (Wildman–Crippen LogP) is 2.16. The minimum absolute atomic E-state index is 0.0869. The molecule has 0 heterocycles.